The zero-order chi connectivity index (χ0) is 16.3. The van der Waals surface area contributed by atoms with E-state index >= 15 is 0 Å². The summed E-state index contributed by atoms with van der Waals surface area (Å²) < 4.78 is 25.7. The van der Waals surface area contributed by atoms with Gasteiger partial charge in [-0.25, -0.2) is 4.68 Å². The zero-order valence-electron chi connectivity index (χ0n) is 13.3. The normalized spacial score (nSPS) is 11.1. The fourth-order valence-electron chi connectivity index (χ4n) is 2.23. The molecule has 0 bridgehead atoms. The summed E-state index contributed by atoms with van der Waals surface area (Å²) in [5, 5.41) is 4.79. The highest BCUT2D eigenvalue weighted by molar-refractivity contribution is 5.85. The quantitative estimate of drug-likeness (QED) is 0.673. The highest BCUT2D eigenvalue weighted by atomic mass is 19.3. The summed E-state index contributed by atoms with van der Waals surface area (Å²) >= 11 is 0. The molecule has 2 aromatic heterocycles. The van der Waals surface area contributed by atoms with Crippen molar-refractivity contribution in [2.45, 2.75) is 40.2 Å². The van der Waals surface area contributed by atoms with Crippen molar-refractivity contribution in [2.75, 3.05) is 0 Å². The van der Waals surface area contributed by atoms with E-state index < -0.39 is 6.55 Å². The highest BCUT2D eigenvalue weighted by Gasteiger charge is 2.10. The Morgan fingerprint density at radius 3 is 2.41 bits per heavy atom. The van der Waals surface area contributed by atoms with Gasteiger partial charge in [0.1, 0.15) is 0 Å². The SMILES string of the molecule is CC.CC(C)c1cc2ccc(-c3cnn(C(F)F)c3)cc2[nH]1. The van der Waals surface area contributed by atoms with Gasteiger partial charge >= 0.3 is 6.55 Å². The molecule has 118 valence electrons. The summed E-state index contributed by atoms with van der Waals surface area (Å²) in [6, 6.07) is 8.00. The van der Waals surface area contributed by atoms with Crippen LogP contribution in [0, 0.1) is 0 Å². The maximum atomic E-state index is 12.5. The Labute approximate surface area is 129 Å². The Morgan fingerprint density at radius 1 is 1.09 bits per heavy atom. The molecule has 0 spiro atoms. The van der Waals surface area contributed by atoms with Crippen LogP contribution in [-0.2, 0) is 0 Å². The number of fused-ring (bicyclic) bond motifs is 1. The molecule has 1 aromatic carbocycles. The van der Waals surface area contributed by atoms with Gasteiger partial charge < -0.3 is 4.98 Å². The number of halogens is 2. The van der Waals surface area contributed by atoms with Gasteiger partial charge in [0.05, 0.1) is 6.20 Å². The van der Waals surface area contributed by atoms with Crippen molar-refractivity contribution in [3.63, 3.8) is 0 Å². The first-order valence-electron chi connectivity index (χ1n) is 7.50. The van der Waals surface area contributed by atoms with E-state index in [1.54, 1.807) is 0 Å². The number of nitrogens with zero attached hydrogens (tertiary/aromatic N) is 2. The van der Waals surface area contributed by atoms with E-state index in [0.29, 0.717) is 16.2 Å². The van der Waals surface area contributed by atoms with Gasteiger partial charge in [0, 0.05) is 23.0 Å². The molecule has 22 heavy (non-hydrogen) atoms. The number of rotatable bonds is 3. The average Bonchev–Trinajstić information content (AvgIpc) is 3.15. The van der Waals surface area contributed by atoms with Gasteiger partial charge in [0.25, 0.3) is 0 Å². The lowest BCUT2D eigenvalue weighted by Gasteiger charge is -1.99. The molecule has 2 heterocycles. The minimum absolute atomic E-state index is 0.424. The lowest BCUT2D eigenvalue weighted by atomic mass is 10.1. The first-order valence-corrected chi connectivity index (χ1v) is 7.50. The molecule has 1 N–H and O–H groups in total. The van der Waals surface area contributed by atoms with E-state index in [1.165, 1.54) is 18.1 Å². The molecule has 3 aromatic rings. The average molecular weight is 305 g/mol. The molecule has 0 unspecified atom stereocenters. The van der Waals surface area contributed by atoms with E-state index in [9.17, 15) is 8.78 Å². The van der Waals surface area contributed by atoms with Crippen molar-refractivity contribution in [2.24, 2.45) is 0 Å². The first-order chi connectivity index (χ1) is 10.5. The molecule has 5 heteroatoms. The Hall–Kier alpha value is -2.17. The van der Waals surface area contributed by atoms with Gasteiger partial charge in [-0.15, -0.1) is 0 Å². The predicted molar refractivity (Wildman–Crippen MR) is 86.2 cm³/mol. The van der Waals surface area contributed by atoms with E-state index in [-0.39, 0.29) is 0 Å². The second-order valence-corrected chi connectivity index (χ2v) is 5.17. The van der Waals surface area contributed by atoms with Crippen LogP contribution >= 0.6 is 0 Å². The number of hydrogen-bond donors (Lipinski definition) is 1. The largest absolute Gasteiger partial charge is 0.358 e. The van der Waals surface area contributed by atoms with Gasteiger partial charge in [0.15, 0.2) is 0 Å². The van der Waals surface area contributed by atoms with Crippen LogP contribution in [0.3, 0.4) is 0 Å². The minimum atomic E-state index is -2.61. The Balaban J connectivity index is 0.000000847. The molecule has 0 atom stereocenters. The first kappa shape index (κ1) is 16.2. The maximum absolute atomic E-state index is 12.5. The van der Waals surface area contributed by atoms with Crippen molar-refractivity contribution in [3.8, 4) is 11.1 Å². The predicted octanol–water partition coefficient (Wildman–Crippen LogP) is 5.58. The minimum Gasteiger partial charge on any atom is -0.358 e. The monoisotopic (exact) mass is 305 g/mol. The van der Waals surface area contributed by atoms with Crippen molar-refractivity contribution < 1.29 is 8.78 Å². The molecular weight excluding hydrogens is 284 g/mol. The molecule has 3 rings (SSSR count). The van der Waals surface area contributed by atoms with Crippen LogP contribution in [-0.4, -0.2) is 14.8 Å². The maximum Gasteiger partial charge on any atom is 0.333 e. The zero-order valence-corrected chi connectivity index (χ0v) is 13.3. The van der Waals surface area contributed by atoms with Crippen molar-refractivity contribution in [3.05, 3.63) is 42.4 Å². The van der Waals surface area contributed by atoms with Gasteiger partial charge in [-0.1, -0.05) is 39.8 Å². The van der Waals surface area contributed by atoms with Crippen molar-refractivity contribution in [1.82, 2.24) is 14.8 Å². The van der Waals surface area contributed by atoms with Gasteiger partial charge in [-0.05, 0) is 29.0 Å². The smallest absolute Gasteiger partial charge is 0.333 e. The lowest BCUT2D eigenvalue weighted by molar-refractivity contribution is 0.0566. The molecule has 0 aliphatic rings. The van der Waals surface area contributed by atoms with Crippen molar-refractivity contribution >= 4 is 10.9 Å². The summed E-state index contributed by atoms with van der Waals surface area (Å²) in [7, 11) is 0. The molecule has 0 aliphatic carbocycles. The van der Waals surface area contributed by atoms with Gasteiger partial charge in [-0.3, -0.25) is 0 Å². The number of benzene rings is 1. The number of H-pyrrole nitrogens is 1. The third kappa shape index (κ3) is 3.18. The van der Waals surface area contributed by atoms with Gasteiger partial charge in [-0.2, -0.15) is 13.9 Å². The molecule has 0 saturated carbocycles. The fraction of sp³-hybridized carbons (Fsp3) is 0.353. The molecule has 0 aliphatic heterocycles. The van der Waals surface area contributed by atoms with Crippen LogP contribution in [0.2, 0.25) is 0 Å². The summed E-state index contributed by atoms with van der Waals surface area (Å²) in [5.74, 6) is 0.424. The summed E-state index contributed by atoms with van der Waals surface area (Å²) in [5.41, 5.74) is 3.74. The standard InChI is InChI=1S/C15H15F2N3.C2H6/c1-9(2)13-6-11-4-3-10(5-14(11)19-13)12-7-18-20(8-12)15(16)17;1-2/h3-9,15,19H,1-2H3;1-2H3. The highest BCUT2D eigenvalue weighted by Crippen LogP contribution is 2.27. The fourth-order valence-corrected chi connectivity index (χ4v) is 2.23. The molecule has 0 radical (unpaired) electrons. The third-order valence-electron chi connectivity index (χ3n) is 3.40. The Morgan fingerprint density at radius 2 is 1.82 bits per heavy atom. The van der Waals surface area contributed by atoms with Crippen LogP contribution in [0.25, 0.3) is 22.0 Å². The second kappa shape index (κ2) is 6.73. The van der Waals surface area contributed by atoms with Crippen molar-refractivity contribution in [1.29, 1.82) is 0 Å². The number of alkyl halides is 2. The molecule has 0 fully saturated rings. The van der Waals surface area contributed by atoms with Gasteiger partial charge in [0.2, 0.25) is 0 Å². The van der Waals surface area contributed by atoms with E-state index in [1.807, 2.05) is 32.0 Å². The van der Waals surface area contributed by atoms with Crippen LogP contribution in [0.4, 0.5) is 8.78 Å². The van der Waals surface area contributed by atoms with Crippen LogP contribution in [0.1, 0.15) is 45.9 Å². The second-order valence-electron chi connectivity index (χ2n) is 5.17. The summed E-state index contributed by atoms with van der Waals surface area (Å²) in [6.07, 6.45) is 2.82. The Kier molecular flexibility index (Phi) is 4.96. The number of nitrogens with one attached hydrogen (secondary N) is 1. The van der Waals surface area contributed by atoms with Crippen LogP contribution in [0.5, 0.6) is 0 Å². The van der Waals surface area contributed by atoms with E-state index in [2.05, 4.69) is 30.0 Å². The molecule has 0 saturated heterocycles. The lowest BCUT2D eigenvalue weighted by Crippen LogP contribution is -1.96. The van der Waals surface area contributed by atoms with Crippen LogP contribution in [0.15, 0.2) is 36.7 Å². The summed E-state index contributed by atoms with van der Waals surface area (Å²) in [4.78, 5) is 3.36. The molecule has 0 amide bonds. The number of hydrogen-bond acceptors (Lipinski definition) is 1. The van der Waals surface area contributed by atoms with E-state index in [0.717, 1.165) is 16.5 Å². The molecule has 3 nitrogen and oxygen atoms in total. The summed E-state index contributed by atoms with van der Waals surface area (Å²) in [6.45, 7) is 5.64. The number of aromatic nitrogens is 3. The third-order valence-corrected chi connectivity index (χ3v) is 3.40. The Bertz CT molecular complexity index is 741. The topological polar surface area (TPSA) is 33.6 Å². The van der Waals surface area contributed by atoms with E-state index in [4.69, 9.17) is 0 Å². The molecular formula is C17H21F2N3. The number of aromatic amines is 1. The van der Waals surface area contributed by atoms with Crippen LogP contribution < -0.4 is 0 Å².